The van der Waals surface area contributed by atoms with Crippen molar-refractivity contribution in [1.82, 2.24) is 24.5 Å². The van der Waals surface area contributed by atoms with Crippen molar-refractivity contribution in [3.63, 3.8) is 0 Å². The zero-order valence-corrected chi connectivity index (χ0v) is 16.7. The third kappa shape index (κ3) is 2.57. The van der Waals surface area contributed by atoms with E-state index in [-0.39, 0.29) is 11.7 Å². The predicted octanol–water partition coefficient (Wildman–Crippen LogP) is 3.53. The Bertz CT molecular complexity index is 1010. The summed E-state index contributed by atoms with van der Waals surface area (Å²) in [5.74, 6) is -0.164. The first-order valence-corrected chi connectivity index (χ1v) is 8.69. The third-order valence-electron chi connectivity index (χ3n) is 5.64. The Labute approximate surface area is 153 Å². The van der Waals surface area contributed by atoms with E-state index in [4.69, 9.17) is 0 Å². The van der Waals surface area contributed by atoms with Gasteiger partial charge in [0.15, 0.2) is 0 Å². The van der Waals surface area contributed by atoms with Gasteiger partial charge in [-0.25, -0.2) is 4.98 Å². The van der Waals surface area contributed by atoms with Crippen LogP contribution in [0.4, 0.5) is 0 Å². The van der Waals surface area contributed by atoms with Gasteiger partial charge >= 0.3 is 5.91 Å². The van der Waals surface area contributed by atoms with E-state index >= 15 is 0 Å². The van der Waals surface area contributed by atoms with Gasteiger partial charge < -0.3 is 0 Å². The fourth-order valence-corrected chi connectivity index (χ4v) is 3.40. The van der Waals surface area contributed by atoms with E-state index in [1.54, 1.807) is 7.05 Å². The SMILES string of the molecule is Cc1c(C)c(C)c(-c2nn(C(=O)c3ncn(C)n3)c(C)c2C)c(C)c1C. The highest BCUT2D eigenvalue weighted by atomic mass is 16.2. The monoisotopic (exact) mass is 351 g/mol. The molecule has 0 bridgehead atoms. The number of benzene rings is 1. The molecule has 3 aromatic rings. The first kappa shape index (κ1) is 18.0. The maximum Gasteiger partial charge on any atom is 0.318 e. The summed E-state index contributed by atoms with van der Waals surface area (Å²) in [7, 11) is 1.74. The quantitative estimate of drug-likeness (QED) is 0.708. The van der Waals surface area contributed by atoms with E-state index in [0.717, 1.165) is 22.5 Å². The second-order valence-electron chi connectivity index (χ2n) is 7.02. The lowest BCUT2D eigenvalue weighted by Crippen LogP contribution is -2.17. The molecule has 0 unspecified atom stereocenters. The molecule has 0 aliphatic heterocycles. The molecule has 0 amide bonds. The van der Waals surface area contributed by atoms with E-state index in [2.05, 4.69) is 49.8 Å². The molecule has 2 heterocycles. The van der Waals surface area contributed by atoms with Gasteiger partial charge in [-0.1, -0.05) is 0 Å². The number of hydrogen-bond donors (Lipinski definition) is 0. The predicted molar refractivity (Wildman–Crippen MR) is 102 cm³/mol. The van der Waals surface area contributed by atoms with Gasteiger partial charge in [-0.15, -0.1) is 5.10 Å². The van der Waals surface area contributed by atoms with Crippen LogP contribution in [-0.2, 0) is 7.05 Å². The summed E-state index contributed by atoms with van der Waals surface area (Å²) in [5.41, 5.74) is 10.1. The molecule has 0 fully saturated rings. The van der Waals surface area contributed by atoms with Crippen molar-refractivity contribution in [3.05, 3.63) is 51.2 Å². The molecular formula is C20H25N5O. The zero-order valence-electron chi connectivity index (χ0n) is 16.7. The second-order valence-corrected chi connectivity index (χ2v) is 7.02. The molecule has 0 spiro atoms. The highest BCUT2D eigenvalue weighted by Crippen LogP contribution is 2.35. The van der Waals surface area contributed by atoms with Gasteiger partial charge in [0.2, 0.25) is 5.82 Å². The molecule has 0 saturated carbocycles. The van der Waals surface area contributed by atoms with Gasteiger partial charge in [0, 0.05) is 18.3 Å². The molecule has 1 aromatic carbocycles. The average Bonchev–Trinajstić information content (AvgIpc) is 3.16. The number of carbonyl (C=O) groups excluding carboxylic acids is 1. The molecule has 0 aliphatic rings. The van der Waals surface area contributed by atoms with E-state index in [1.807, 2.05) is 13.8 Å². The fraction of sp³-hybridized carbons (Fsp3) is 0.400. The van der Waals surface area contributed by atoms with Gasteiger partial charge in [-0.3, -0.25) is 9.48 Å². The fourth-order valence-electron chi connectivity index (χ4n) is 3.40. The summed E-state index contributed by atoms with van der Waals surface area (Å²) < 4.78 is 2.93. The van der Waals surface area contributed by atoms with Crippen molar-refractivity contribution in [1.29, 1.82) is 0 Å². The van der Waals surface area contributed by atoms with Crippen LogP contribution in [0.2, 0.25) is 0 Å². The normalized spacial score (nSPS) is 11.2. The van der Waals surface area contributed by atoms with Gasteiger partial charge in [-0.2, -0.15) is 9.78 Å². The van der Waals surface area contributed by atoms with Crippen molar-refractivity contribution in [2.75, 3.05) is 0 Å². The molecule has 6 nitrogen and oxygen atoms in total. The van der Waals surface area contributed by atoms with Crippen molar-refractivity contribution >= 4 is 5.91 Å². The Morgan fingerprint density at radius 1 is 0.808 bits per heavy atom. The molecule has 3 rings (SSSR count). The molecule has 6 heteroatoms. The van der Waals surface area contributed by atoms with Gasteiger partial charge in [0.1, 0.15) is 6.33 Å². The van der Waals surface area contributed by atoms with E-state index in [9.17, 15) is 4.79 Å². The minimum atomic E-state index is -0.312. The van der Waals surface area contributed by atoms with Crippen LogP contribution in [0.3, 0.4) is 0 Å². The molecule has 2 aromatic heterocycles. The maximum atomic E-state index is 12.8. The molecular weight excluding hydrogens is 326 g/mol. The minimum Gasteiger partial charge on any atom is -0.263 e. The lowest BCUT2D eigenvalue weighted by molar-refractivity contribution is 0.0932. The van der Waals surface area contributed by atoms with Gasteiger partial charge in [0.05, 0.1) is 5.69 Å². The smallest absolute Gasteiger partial charge is 0.263 e. The number of rotatable bonds is 2. The van der Waals surface area contributed by atoms with Crippen molar-refractivity contribution in [2.24, 2.45) is 7.05 Å². The first-order chi connectivity index (χ1) is 12.1. The third-order valence-corrected chi connectivity index (χ3v) is 5.64. The Morgan fingerprint density at radius 3 is 1.85 bits per heavy atom. The van der Waals surface area contributed by atoms with Crippen molar-refractivity contribution in [2.45, 2.75) is 48.5 Å². The Hall–Kier alpha value is -2.76. The molecule has 0 aliphatic carbocycles. The molecule has 136 valence electrons. The van der Waals surface area contributed by atoms with Crippen molar-refractivity contribution in [3.8, 4) is 11.3 Å². The van der Waals surface area contributed by atoms with E-state index in [0.29, 0.717) is 0 Å². The van der Waals surface area contributed by atoms with E-state index < -0.39 is 0 Å². The van der Waals surface area contributed by atoms with Gasteiger partial charge in [0.25, 0.3) is 0 Å². The van der Waals surface area contributed by atoms with Crippen LogP contribution in [-0.4, -0.2) is 30.5 Å². The number of hydrogen-bond acceptors (Lipinski definition) is 4. The summed E-state index contributed by atoms with van der Waals surface area (Å²) in [6.45, 7) is 14.6. The van der Waals surface area contributed by atoms with Crippen LogP contribution in [0.5, 0.6) is 0 Å². The number of nitrogens with zero attached hydrogens (tertiary/aromatic N) is 5. The van der Waals surface area contributed by atoms with Crippen LogP contribution in [0.25, 0.3) is 11.3 Å². The minimum absolute atomic E-state index is 0.148. The largest absolute Gasteiger partial charge is 0.318 e. The lowest BCUT2D eigenvalue weighted by Gasteiger charge is -2.18. The lowest BCUT2D eigenvalue weighted by atomic mass is 9.87. The first-order valence-electron chi connectivity index (χ1n) is 8.69. The molecule has 0 atom stereocenters. The molecule has 0 radical (unpaired) electrons. The number of aryl methyl sites for hydroxylation is 1. The average molecular weight is 351 g/mol. The van der Waals surface area contributed by atoms with Crippen LogP contribution in [0.15, 0.2) is 6.33 Å². The zero-order chi connectivity index (χ0) is 19.3. The van der Waals surface area contributed by atoms with Gasteiger partial charge in [-0.05, 0) is 81.8 Å². The Kier molecular flexibility index (Phi) is 4.30. The highest BCUT2D eigenvalue weighted by molar-refractivity contribution is 5.93. The Morgan fingerprint density at radius 2 is 1.35 bits per heavy atom. The summed E-state index contributed by atoms with van der Waals surface area (Å²) >= 11 is 0. The Balaban J connectivity index is 2.22. The van der Waals surface area contributed by atoms with Crippen LogP contribution < -0.4 is 0 Å². The second kappa shape index (κ2) is 6.20. The van der Waals surface area contributed by atoms with Crippen LogP contribution in [0, 0.1) is 48.5 Å². The number of aromatic nitrogens is 5. The van der Waals surface area contributed by atoms with Crippen molar-refractivity contribution < 1.29 is 4.79 Å². The highest BCUT2D eigenvalue weighted by Gasteiger charge is 2.24. The van der Waals surface area contributed by atoms with Crippen LogP contribution >= 0.6 is 0 Å². The molecule has 26 heavy (non-hydrogen) atoms. The topological polar surface area (TPSA) is 65.6 Å². The van der Waals surface area contributed by atoms with Crippen LogP contribution in [0.1, 0.15) is 49.7 Å². The summed E-state index contributed by atoms with van der Waals surface area (Å²) in [4.78, 5) is 16.9. The van der Waals surface area contributed by atoms with E-state index in [1.165, 1.54) is 43.5 Å². The summed E-state index contributed by atoms with van der Waals surface area (Å²) in [6.07, 6.45) is 1.51. The molecule has 0 N–H and O–H groups in total. The summed E-state index contributed by atoms with van der Waals surface area (Å²) in [6, 6.07) is 0. The standard InChI is InChI=1S/C20H25N5O/c1-10-11(2)13(4)17(14(5)12(10)3)18-15(6)16(7)25(22-18)20(26)19-21-9-24(8)23-19/h9H,1-8H3. The molecule has 0 saturated heterocycles. The maximum absolute atomic E-state index is 12.8. The summed E-state index contributed by atoms with van der Waals surface area (Å²) in [5, 5.41) is 8.79. The number of carbonyl (C=O) groups is 1.